The minimum atomic E-state index is -4.47. The number of carboxylic acids is 1. The number of nitrogens with one attached hydrogen (secondary N) is 1. The third kappa shape index (κ3) is 6.10. The Labute approximate surface area is 215 Å². The second-order valence-corrected chi connectivity index (χ2v) is 8.65. The number of anilines is 4. The molecule has 5 nitrogen and oxygen atoms in total. The van der Waals surface area contributed by atoms with Crippen LogP contribution in [0.3, 0.4) is 0 Å². The van der Waals surface area contributed by atoms with Crippen LogP contribution in [0.25, 0.3) is 0 Å². The van der Waals surface area contributed by atoms with Crippen molar-refractivity contribution in [2.75, 3.05) is 17.3 Å². The molecule has 0 spiro atoms. The van der Waals surface area contributed by atoms with Crippen LogP contribution in [-0.2, 0) is 6.18 Å². The molecule has 0 aliphatic rings. The number of hydrogen-bond acceptors (Lipinski definition) is 4. The van der Waals surface area contributed by atoms with Gasteiger partial charge in [0.1, 0.15) is 0 Å². The Hall–Kier alpha value is -4.30. The molecule has 0 fully saturated rings. The summed E-state index contributed by atoms with van der Waals surface area (Å²) < 4.78 is 38.5. The standard InChI is InChI=1S/C28H20ClF3N2O3/c1-34(25-12-6-21(29)7-13-25)24-10-2-17(3-11-24)26(35)18-14-19(27(36)37)16-23(15-18)33-22-8-4-20(5-9-22)28(30,31)32/h2-16,33H,1H3,(H,36,37). The van der Waals surface area contributed by atoms with Gasteiger partial charge in [0.05, 0.1) is 11.1 Å². The molecule has 0 atom stereocenters. The van der Waals surface area contributed by atoms with Gasteiger partial charge in [-0.2, -0.15) is 13.2 Å². The predicted octanol–water partition coefficient (Wildman–Crippen LogP) is 7.80. The van der Waals surface area contributed by atoms with Crippen LogP contribution >= 0.6 is 11.6 Å². The summed E-state index contributed by atoms with van der Waals surface area (Å²) in [6.45, 7) is 0. The summed E-state index contributed by atoms with van der Waals surface area (Å²) in [6, 6.07) is 22.4. The highest BCUT2D eigenvalue weighted by molar-refractivity contribution is 6.30. The topological polar surface area (TPSA) is 69.6 Å². The number of aromatic carboxylic acids is 1. The molecular formula is C28H20ClF3N2O3. The van der Waals surface area contributed by atoms with Gasteiger partial charge in [-0.1, -0.05) is 11.6 Å². The number of carbonyl (C=O) groups is 2. The molecule has 0 aliphatic carbocycles. The second kappa shape index (κ2) is 10.4. The van der Waals surface area contributed by atoms with E-state index in [2.05, 4.69) is 5.32 Å². The Morgan fingerprint density at radius 2 is 1.30 bits per heavy atom. The summed E-state index contributed by atoms with van der Waals surface area (Å²) in [5.74, 6) is -1.65. The van der Waals surface area contributed by atoms with E-state index < -0.39 is 23.5 Å². The molecule has 0 saturated carbocycles. The van der Waals surface area contributed by atoms with Crippen molar-refractivity contribution in [1.29, 1.82) is 0 Å². The number of hydrogen-bond donors (Lipinski definition) is 2. The van der Waals surface area contributed by atoms with Crippen LogP contribution in [0.1, 0.15) is 31.8 Å². The van der Waals surface area contributed by atoms with E-state index in [1.807, 2.05) is 24.1 Å². The lowest BCUT2D eigenvalue weighted by atomic mass is 10.00. The normalized spacial score (nSPS) is 11.2. The third-order valence-electron chi connectivity index (χ3n) is 5.67. The number of benzene rings is 4. The fourth-order valence-corrected chi connectivity index (χ4v) is 3.81. The zero-order valence-corrected chi connectivity index (χ0v) is 20.1. The van der Waals surface area contributed by atoms with E-state index in [1.165, 1.54) is 30.3 Å². The van der Waals surface area contributed by atoms with Crippen LogP contribution in [0, 0.1) is 0 Å². The Bertz CT molecular complexity index is 1440. The van der Waals surface area contributed by atoms with Gasteiger partial charge in [0, 0.05) is 45.9 Å². The minimum Gasteiger partial charge on any atom is -0.478 e. The van der Waals surface area contributed by atoms with Crippen molar-refractivity contribution in [3.05, 3.63) is 118 Å². The van der Waals surface area contributed by atoms with E-state index in [4.69, 9.17) is 11.6 Å². The zero-order valence-electron chi connectivity index (χ0n) is 19.4. The summed E-state index contributed by atoms with van der Waals surface area (Å²) in [4.78, 5) is 26.8. The van der Waals surface area contributed by atoms with Gasteiger partial charge in [-0.3, -0.25) is 4.79 Å². The van der Waals surface area contributed by atoms with Crippen LogP contribution in [-0.4, -0.2) is 23.9 Å². The molecular weight excluding hydrogens is 505 g/mol. The molecule has 4 rings (SSSR count). The quantitative estimate of drug-likeness (QED) is 0.241. The average Bonchev–Trinajstić information content (AvgIpc) is 2.88. The monoisotopic (exact) mass is 524 g/mol. The molecule has 4 aromatic carbocycles. The molecule has 0 bridgehead atoms. The van der Waals surface area contributed by atoms with Gasteiger partial charge in [-0.25, -0.2) is 4.79 Å². The van der Waals surface area contributed by atoms with Crippen molar-refractivity contribution < 1.29 is 27.9 Å². The van der Waals surface area contributed by atoms with Crippen LogP contribution in [0.4, 0.5) is 35.9 Å². The van der Waals surface area contributed by atoms with Crippen molar-refractivity contribution in [3.8, 4) is 0 Å². The Kier molecular flexibility index (Phi) is 7.22. The number of rotatable bonds is 7. The van der Waals surface area contributed by atoms with E-state index in [9.17, 15) is 27.9 Å². The lowest BCUT2D eigenvalue weighted by molar-refractivity contribution is -0.137. The zero-order chi connectivity index (χ0) is 26.7. The van der Waals surface area contributed by atoms with E-state index in [-0.39, 0.29) is 16.8 Å². The van der Waals surface area contributed by atoms with Crippen LogP contribution in [0.15, 0.2) is 91.0 Å². The Morgan fingerprint density at radius 3 is 1.84 bits per heavy atom. The van der Waals surface area contributed by atoms with Crippen LogP contribution in [0.5, 0.6) is 0 Å². The third-order valence-corrected chi connectivity index (χ3v) is 5.93. The van der Waals surface area contributed by atoms with E-state index >= 15 is 0 Å². The summed E-state index contributed by atoms with van der Waals surface area (Å²) in [6.07, 6.45) is -4.47. The van der Waals surface area contributed by atoms with Crippen molar-refractivity contribution in [2.24, 2.45) is 0 Å². The highest BCUT2D eigenvalue weighted by Crippen LogP contribution is 2.31. The first-order chi connectivity index (χ1) is 17.5. The number of halogens is 4. The van der Waals surface area contributed by atoms with Gasteiger partial charge in [-0.05, 0) is 91.0 Å². The lowest BCUT2D eigenvalue weighted by Crippen LogP contribution is -2.10. The molecule has 9 heteroatoms. The summed E-state index contributed by atoms with van der Waals surface area (Å²) in [5.41, 5.74) is 1.80. The lowest BCUT2D eigenvalue weighted by Gasteiger charge is -2.20. The molecule has 188 valence electrons. The van der Waals surface area contributed by atoms with Crippen molar-refractivity contribution in [1.82, 2.24) is 0 Å². The van der Waals surface area contributed by atoms with Crippen LogP contribution < -0.4 is 10.2 Å². The highest BCUT2D eigenvalue weighted by atomic mass is 35.5. The fourth-order valence-electron chi connectivity index (χ4n) is 3.68. The maximum absolute atomic E-state index is 13.2. The number of carbonyl (C=O) groups excluding carboxylic acids is 1. The van der Waals surface area contributed by atoms with Crippen molar-refractivity contribution in [3.63, 3.8) is 0 Å². The predicted molar refractivity (Wildman–Crippen MR) is 138 cm³/mol. The summed E-state index contributed by atoms with van der Waals surface area (Å²) in [7, 11) is 1.87. The maximum Gasteiger partial charge on any atom is 0.416 e. The molecule has 0 saturated heterocycles. The smallest absolute Gasteiger partial charge is 0.416 e. The van der Waals surface area contributed by atoms with E-state index in [0.29, 0.717) is 16.3 Å². The number of ketones is 1. The van der Waals surface area contributed by atoms with Crippen molar-refractivity contribution >= 4 is 46.1 Å². The first kappa shape index (κ1) is 25.8. The molecule has 0 unspecified atom stereocenters. The first-order valence-electron chi connectivity index (χ1n) is 11.0. The number of carboxylic acid groups (broad SMARTS) is 1. The SMILES string of the molecule is CN(c1ccc(Cl)cc1)c1ccc(C(=O)c2cc(Nc3ccc(C(F)(F)F)cc3)cc(C(=O)O)c2)cc1. The summed E-state index contributed by atoms with van der Waals surface area (Å²) >= 11 is 5.95. The van der Waals surface area contributed by atoms with Crippen molar-refractivity contribution in [2.45, 2.75) is 6.18 Å². The Balaban J connectivity index is 1.58. The summed E-state index contributed by atoms with van der Waals surface area (Å²) in [5, 5.41) is 13.0. The minimum absolute atomic E-state index is 0.119. The van der Waals surface area contributed by atoms with Gasteiger partial charge in [0.15, 0.2) is 5.78 Å². The van der Waals surface area contributed by atoms with Gasteiger partial charge < -0.3 is 15.3 Å². The fraction of sp³-hybridized carbons (Fsp3) is 0.0714. The van der Waals surface area contributed by atoms with E-state index in [1.54, 1.807) is 36.4 Å². The molecule has 37 heavy (non-hydrogen) atoms. The molecule has 0 aromatic heterocycles. The molecule has 4 aromatic rings. The molecule has 2 N–H and O–H groups in total. The molecule has 0 amide bonds. The second-order valence-electron chi connectivity index (χ2n) is 8.22. The number of nitrogens with zero attached hydrogens (tertiary/aromatic N) is 1. The number of alkyl halides is 3. The average molecular weight is 525 g/mol. The van der Waals surface area contributed by atoms with Gasteiger partial charge >= 0.3 is 12.1 Å². The highest BCUT2D eigenvalue weighted by Gasteiger charge is 2.30. The molecule has 0 radical (unpaired) electrons. The van der Waals surface area contributed by atoms with Gasteiger partial charge in [0.2, 0.25) is 0 Å². The largest absolute Gasteiger partial charge is 0.478 e. The molecule has 0 aliphatic heterocycles. The van der Waals surface area contributed by atoms with Gasteiger partial charge in [0.25, 0.3) is 0 Å². The Morgan fingerprint density at radius 1 is 0.757 bits per heavy atom. The first-order valence-corrected chi connectivity index (χ1v) is 11.4. The van der Waals surface area contributed by atoms with E-state index in [0.717, 1.165) is 23.5 Å². The van der Waals surface area contributed by atoms with Crippen LogP contribution in [0.2, 0.25) is 5.02 Å². The van der Waals surface area contributed by atoms with Gasteiger partial charge in [-0.15, -0.1) is 0 Å². The maximum atomic E-state index is 13.2. The molecule has 0 heterocycles.